The van der Waals surface area contributed by atoms with E-state index in [2.05, 4.69) is 34.4 Å². The van der Waals surface area contributed by atoms with Crippen LogP contribution in [0.15, 0.2) is 6.07 Å². The lowest BCUT2D eigenvalue weighted by Crippen LogP contribution is -2.37. The highest BCUT2D eigenvalue weighted by atomic mass is 15.1. The molecule has 0 unspecified atom stereocenters. The van der Waals surface area contributed by atoms with Crippen molar-refractivity contribution in [3.63, 3.8) is 0 Å². The Hall–Kier alpha value is -1.32. The highest BCUT2D eigenvalue weighted by Gasteiger charge is 2.26. The van der Waals surface area contributed by atoms with Gasteiger partial charge < -0.3 is 10.6 Å². The summed E-state index contributed by atoms with van der Waals surface area (Å²) in [7, 11) is 1.90. The lowest BCUT2D eigenvalue weighted by Gasteiger charge is -2.35. The zero-order valence-corrected chi connectivity index (χ0v) is 11.7. The fourth-order valence-corrected chi connectivity index (χ4v) is 2.61. The highest BCUT2D eigenvalue weighted by molar-refractivity contribution is 5.48. The van der Waals surface area contributed by atoms with Crippen LogP contribution in [0.2, 0.25) is 0 Å². The van der Waals surface area contributed by atoms with Gasteiger partial charge in [-0.1, -0.05) is 26.2 Å². The van der Waals surface area contributed by atoms with Crippen LogP contribution in [0, 0.1) is 0 Å². The number of nitrogens with zero attached hydrogens (tertiary/aromatic N) is 2. The van der Waals surface area contributed by atoms with Crippen molar-refractivity contribution in [1.82, 2.24) is 9.97 Å². The SMILES string of the molecule is CCc1nc(NC)cc(NC2(C)CCCCC2)n1. The van der Waals surface area contributed by atoms with E-state index < -0.39 is 0 Å². The van der Waals surface area contributed by atoms with Gasteiger partial charge in [0, 0.05) is 25.1 Å². The normalized spacial score (nSPS) is 18.4. The standard InChI is InChI=1S/C14H24N4/c1-4-11-16-12(15-3)10-13(17-11)18-14(2)8-6-5-7-9-14/h10H,4-9H2,1-3H3,(H2,15,16,17,18). The number of hydrogen-bond donors (Lipinski definition) is 2. The largest absolute Gasteiger partial charge is 0.373 e. The van der Waals surface area contributed by atoms with E-state index in [-0.39, 0.29) is 5.54 Å². The van der Waals surface area contributed by atoms with Gasteiger partial charge in [0.2, 0.25) is 0 Å². The average molecular weight is 248 g/mol. The van der Waals surface area contributed by atoms with Crippen molar-refractivity contribution in [3.8, 4) is 0 Å². The molecule has 18 heavy (non-hydrogen) atoms. The quantitative estimate of drug-likeness (QED) is 0.859. The predicted molar refractivity (Wildman–Crippen MR) is 76.1 cm³/mol. The van der Waals surface area contributed by atoms with Crippen molar-refractivity contribution in [1.29, 1.82) is 0 Å². The number of aryl methyl sites for hydroxylation is 1. The molecule has 1 aromatic heterocycles. The molecule has 0 atom stereocenters. The molecule has 0 saturated heterocycles. The van der Waals surface area contributed by atoms with E-state index in [0.717, 1.165) is 23.9 Å². The minimum atomic E-state index is 0.197. The molecule has 1 fully saturated rings. The molecule has 4 heteroatoms. The summed E-state index contributed by atoms with van der Waals surface area (Å²) in [6.07, 6.45) is 7.31. The van der Waals surface area contributed by atoms with Gasteiger partial charge in [0.1, 0.15) is 17.5 Å². The molecular formula is C14H24N4. The van der Waals surface area contributed by atoms with Crippen LogP contribution >= 0.6 is 0 Å². The van der Waals surface area contributed by atoms with Gasteiger partial charge in [-0.2, -0.15) is 0 Å². The smallest absolute Gasteiger partial charge is 0.132 e. The van der Waals surface area contributed by atoms with Crippen LogP contribution < -0.4 is 10.6 Å². The summed E-state index contributed by atoms with van der Waals surface area (Å²) in [5.41, 5.74) is 0.197. The molecule has 2 N–H and O–H groups in total. The number of aromatic nitrogens is 2. The Balaban J connectivity index is 2.16. The minimum absolute atomic E-state index is 0.197. The van der Waals surface area contributed by atoms with Crippen molar-refractivity contribution in [2.45, 2.75) is 57.9 Å². The van der Waals surface area contributed by atoms with E-state index in [1.54, 1.807) is 0 Å². The summed E-state index contributed by atoms with van der Waals surface area (Å²) in [5, 5.41) is 6.72. The Bertz CT molecular complexity index is 375. The molecule has 1 heterocycles. The van der Waals surface area contributed by atoms with Crippen molar-refractivity contribution in [3.05, 3.63) is 11.9 Å². The second-order valence-corrected chi connectivity index (χ2v) is 5.40. The maximum atomic E-state index is 4.58. The first-order valence-electron chi connectivity index (χ1n) is 6.99. The monoisotopic (exact) mass is 248 g/mol. The van der Waals surface area contributed by atoms with Gasteiger partial charge in [0.15, 0.2) is 0 Å². The highest BCUT2D eigenvalue weighted by Crippen LogP contribution is 2.31. The number of hydrogen-bond acceptors (Lipinski definition) is 4. The molecule has 0 spiro atoms. The van der Waals surface area contributed by atoms with E-state index >= 15 is 0 Å². The van der Waals surface area contributed by atoms with Gasteiger partial charge in [-0.05, 0) is 19.8 Å². The summed E-state index contributed by atoms with van der Waals surface area (Å²) in [6, 6.07) is 2.00. The molecule has 1 aliphatic rings. The third-order valence-electron chi connectivity index (χ3n) is 3.73. The van der Waals surface area contributed by atoms with Crippen molar-refractivity contribution < 1.29 is 0 Å². The van der Waals surface area contributed by atoms with Gasteiger partial charge in [0.05, 0.1) is 0 Å². The summed E-state index contributed by atoms with van der Waals surface area (Å²) in [6.45, 7) is 4.39. The van der Waals surface area contributed by atoms with Crippen LogP contribution in [0.25, 0.3) is 0 Å². The minimum Gasteiger partial charge on any atom is -0.373 e. The van der Waals surface area contributed by atoms with E-state index in [1.165, 1.54) is 32.1 Å². The van der Waals surface area contributed by atoms with Gasteiger partial charge in [0.25, 0.3) is 0 Å². The lowest BCUT2D eigenvalue weighted by molar-refractivity contribution is 0.348. The fourth-order valence-electron chi connectivity index (χ4n) is 2.61. The van der Waals surface area contributed by atoms with Gasteiger partial charge >= 0.3 is 0 Å². The van der Waals surface area contributed by atoms with Crippen LogP contribution in [0.5, 0.6) is 0 Å². The van der Waals surface area contributed by atoms with Crippen LogP contribution in [-0.4, -0.2) is 22.6 Å². The topological polar surface area (TPSA) is 49.8 Å². The zero-order chi connectivity index (χ0) is 13.0. The fraction of sp³-hybridized carbons (Fsp3) is 0.714. The van der Waals surface area contributed by atoms with Crippen molar-refractivity contribution in [2.75, 3.05) is 17.7 Å². The predicted octanol–water partition coefficient (Wildman–Crippen LogP) is 3.22. The molecule has 1 aromatic rings. The van der Waals surface area contributed by atoms with Crippen LogP contribution in [0.4, 0.5) is 11.6 Å². The molecule has 100 valence electrons. The summed E-state index contributed by atoms with van der Waals surface area (Å²) < 4.78 is 0. The maximum absolute atomic E-state index is 4.58. The maximum Gasteiger partial charge on any atom is 0.132 e. The molecule has 1 saturated carbocycles. The Morgan fingerprint density at radius 2 is 1.83 bits per heavy atom. The molecule has 0 aliphatic heterocycles. The van der Waals surface area contributed by atoms with Gasteiger partial charge in [-0.25, -0.2) is 9.97 Å². The van der Waals surface area contributed by atoms with Gasteiger partial charge in [-0.3, -0.25) is 0 Å². The molecular weight excluding hydrogens is 224 g/mol. The Morgan fingerprint density at radius 1 is 1.17 bits per heavy atom. The summed E-state index contributed by atoms with van der Waals surface area (Å²) >= 11 is 0. The number of rotatable bonds is 4. The average Bonchev–Trinajstić information content (AvgIpc) is 2.38. The molecule has 0 aromatic carbocycles. The first-order valence-corrected chi connectivity index (χ1v) is 6.99. The molecule has 1 aliphatic carbocycles. The zero-order valence-electron chi connectivity index (χ0n) is 11.7. The van der Waals surface area contributed by atoms with Crippen molar-refractivity contribution >= 4 is 11.6 Å². The van der Waals surface area contributed by atoms with E-state index in [4.69, 9.17) is 0 Å². The van der Waals surface area contributed by atoms with Crippen LogP contribution in [0.1, 0.15) is 51.8 Å². The molecule has 2 rings (SSSR count). The van der Waals surface area contributed by atoms with Crippen LogP contribution in [0.3, 0.4) is 0 Å². The number of nitrogens with one attached hydrogen (secondary N) is 2. The van der Waals surface area contributed by atoms with Crippen LogP contribution in [-0.2, 0) is 6.42 Å². The number of anilines is 2. The molecule has 0 bridgehead atoms. The lowest BCUT2D eigenvalue weighted by atomic mass is 9.83. The molecule has 0 amide bonds. The molecule has 4 nitrogen and oxygen atoms in total. The van der Waals surface area contributed by atoms with E-state index in [9.17, 15) is 0 Å². The Morgan fingerprint density at radius 3 is 2.44 bits per heavy atom. The second kappa shape index (κ2) is 5.55. The summed E-state index contributed by atoms with van der Waals surface area (Å²) in [4.78, 5) is 9.00. The second-order valence-electron chi connectivity index (χ2n) is 5.40. The van der Waals surface area contributed by atoms with E-state index in [0.29, 0.717) is 0 Å². The molecule has 0 radical (unpaired) electrons. The summed E-state index contributed by atoms with van der Waals surface area (Å²) in [5.74, 6) is 2.74. The third-order valence-corrected chi connectivity index (χ3v) is 3.73. The third kappa shape index (κ3) is 3.12. The first kappa shape index (κ1) is 13.1. The first-order chi connectivity index (χ1) is 8.65. The van der Waals surface area contributed by atoms with Crippen molar-refractivity contribution in [2.24, 2.45) is 0 Å². The Kier molecular flexibility index (Phi) is 4.04. The van der Waals surface area contributed by atoms with E-state index in [1.807, 2.05) is 13.1 Å². The van der Waals surface area contributed by atoms with Gasteiger partial charge in [-0.15, -0.1) is 0 Å². The Labute approximate surface area is 110 Å².